The predicted octanol–water partition coefficient (Wildman–Crippen LogP) is 3.84. The number of rotatable bonds is 12. The molecule has 158 valence electrons. The molecule has 0 heterocycles. The first-order valence-electron chi connectivity index (χ1n) is 9.82. The number of carbonyl (C=O) groups excluding carboxylic acids is 2. The Kier molecular flexibility index (Phi) is 8.29. The molecular weight excluding hydrogens is 384 g/mol. The predicted molar refractivity (Wildman–Crippen MR) is 113 cm³/mol. The summed E-state index contributed by atoms with van der Waals surface area (Å²) in [7, 11) is 0. The molecule has 0 aliphatic heterocycles. The number of nitrogens with one attached hydrogen (secondary N) is 1. The number of hydrogen-bond acceptors (Lipinski definition) is 5. The van der Waals surface area contributed by atoms with E-state index in [1.54, 1.807) is 48.5 Å². The zero-order chi connectivity index (χ0) is 22.1. The van der Waals surface area contributed by atoms with Gasteiger partial charge in [0.25, 0.3) is 0 Å². The summed E-state index contributed by atoms with van der Waals surface area (Å²) in [5, 5.41) is 16.6. The van der Waals surface area contributed by atoms with E-state index in [4.69, 9.17) is 15.9 Å². The first-order chi connectivity index (χ1) is 14.3. The van der Waals surface area contributed by atoms with E-state index in [1.807, 2.05) is 6.92 Å². The van der Waals surface area contributed by atoms with Gasteiger partial charge in [0, 0.05) is 29.5 Å². The number of carboxylic acids is 1. The van der Waals surface area contributed by atoms with E-state index >= 15 is 0 Å². The maximum Gasteiger partial charge on any atom is 0.344 e. The third-order valence-corrected chi connectivity index (χ3v) is 4.65. The average molecular weight is 410 g/mol. The lowest BCUT2D eigenvalue weighted by atomic mass is 10.0. The highest BCUT2D eigenvalue weighted by Crippen LogP contribution is 2.18. The fourth-order valence-corrected chi connectivity index (χ4v) is 2.86. The molecule has 30 heavy (non-hydrogen) atoms. The van der Waals surface area contributed by atoms with Crippen LogP contribution in [0.1, 0.15) is 65.3 Å². The number of carbonyl (C=O) groups is 3. The van der Waals surface area contributed by atoms with Crippen molar-refractivity contribution in [3.8, 4) is 5.75 Å². The van der Waals surface area contributed by atoms with Crippen molar-refractivity contribution >= 4 is 23.4 Å². The van der Waals surface area contributed by atoms with Gasteiger partial charge in [-0.05, 0) is 37.1 Å². The van der Waals surface area contributed by atoms with Crippen LogP contribution >= 0.6 is 0 Å². The molecule has 0 fully saturated rings. The van der Waals surface area contributed by atoms with E-state index in [9.17, 15) is 19.5 Å². The molecule has 1 atom stereocenters. The molecule has 0 aliphatic carbocycles. The van der Waals surface area contributed by atoms with Crippen LogP contribution in [0, 0.1) is 5.41 Å². The summed E-state index contributed by atoms with van der Waals surface area (Å²) in [6.45, 7) is 1.98. The summed E-state index contributed by atoms with van der Waals surface area (Å²) in [4.78, 5) is 35.9. The van der Waals surface area contributed by atoms with Crippen molar-refractivity contribution in [2.24, 2.45) is 5.73 Å². The Hall–Kier alpha value is -3.48. The molecule has 0 saturated carbocycles. The van der Waals surface area contributed by atoms with Gasteiger partial charge in [-0.25, -0.2) is 4.79 Å². The summed E-state index contributed by atoms with van der Waals surface area (Å²) in [5.74, 6) is -1.05. The second-order valence-electron chi connectivity index (χ2n) is 6.95. The Labute approximate surface area is 175 Å². The van der Waals surface area contributed by atoms with E-state index in [0.29, 0.717) is 28.9 Å². The Balaban J connectivity index is 1.91. The molecule has 7 nitrogen and oxygen atoms in total. The number of benzene rings is 2. The van der Waals surface area contributed by atoms with Crippen LogP contribution in [0.2, 0.25) is 0 Å². The molecular formula is C23H26N2O5. The van der Waals surface area contributed by atoms with E-state index in [-0.39, 0.29) is 30.2 Å². The van der Waals surface area contributed by atoms with Gasteiger partial charge < -0.3 is 15.6 Å². The Morgan fingerprint density at radius 2 is 1.40 bits per heavy atom. The minimum absolute atomic E-state index is 0.0573. The molecule has 2 rings (SSSR count). The lowest BCUT2D eigenvalue weighted by Crippen LogP contribution is -2.26. The van der Waals surface area contributed by atoms with Crippen molar-refractivity contribution in [3.63, 3.8) is 0 Å². The molecule has 0 spiro atoms. The highest BCUT2D eigenvalue weighted by molar-refractivity contribution is 6.03. The molecule has 1 unspecified atom stereocenters. The molecule has 2 aromatic carbocycles. The number of hydrogen-bond donors (Lipinski definition) is 3. The number of ketones is 2. The molecule has 0 radical (unpaired) electrons. The van der Waals surface area contributed by atoms with Gasteiger partial charge in [-0.3, -0.25) is 15.0 Å². The SMILES string of the molecule is CCCCC(Oc1ccc(C(=O)CCC(=O)c2ccc(C(=N)N)cc2)cc1)C(=O)O. The standard InChI is InChI=1S/C23H26N2O5/c1-2-3-4-21(23(28)29)30-18-11-9-16(10-12-18)20(27)14-13-19(26)15-5-7-17(8-6-15)22(24)25/h5-12,21H,2-4,13-14H2,1H3,(H3,24,25)(H,28,29). The van der Waals surface area contributed by atoms with Crippen molar-refractivity contribution in [2.45, 2.75) is 45.1 Å². The van der Waals surface area contributed by atoms with Crippen LogP contribution in [-0.4, -0.2) is 34.6 Å². The van der Waals surface area contributed by atoms with Crippen molar-refractivity contribution in [1.29, 1.82) is 5.41 Å². The first kappa shape index (κ1) is 22.8. The van der Waals surface area contributed by atoms with Crippen LogP contribution in [0.4, 0.5) is 0 Å². The van der Waals surface area contributed by atoms with Gasteiger partial charge in [-0.15, -0.1) is 0 Å². The van der Waals surface area contributed by atoms with Crippen molar-refractivity contribution in [3.05, 3.63) is 65.2 Å². The minimum atomic E-state index is -1.02. The number of amidine groups is 1. The number of ether oxygens (including phenoxy) is 1. The number of nitrogens with two attached hydrogens (primary N) is 1. The minimum Gasteiger partial charge on any atom is -0.479 e. The smallest absolute Gasteiger partial charge is 0.344 e. The number of aliphatic carboxylic acids is 1. The third kappa shape index (κ3) is 6.55. The number of Topliss-reactive ketones (excluding diaryl/α,β-unsaturated/α-hetero) is 2. The van der Waals surface area contributed by atoms with Crippen LogP contribution in [0.25, 0.3) is 0 Å². The summed E-state index contributed by atoms with van der Waals surface area (Å²) < 4.78 is 5.51. The fraction of sp³-hybridized carbons (Fsp3) is 0.304. The van der Waals surface area contributed by atoms with Crippen LogP contribution in [0.15, 0.2) is 48.5 Å². The van der Waals surface area contributed by atoms with Crippen LogP contribution in [0.5, 0.6) is 5.75 Å². The summed E-state index contributed by atoms with van der Waals surface area (Å²) >= 11 is 0. The second-order valence-corrected chi connectivity index (χ2v) is 6.95. The maximum atomic E-state index is 12.4. The van der Waals surface area contributed by atoms with Gasteiger partial charge >= 0.3 is 5.97 Å². The summed E-state index contributed by atoms with van der Waals surface area (Å²) in [5.41, 5.74) is 6.82. The Bertz CT molecular complexity index is 904. The van der Waals surface area contributed by atoms with Crippen molar-refractivity contribution in [2.75, 3.05) is 0 Å². The number of nitrogen functional groups attached to an aromatic ring is 1. The highest BCUT2D eigenvalue weighted by atomic mass is 16.5. The quantitative estimate of drug-likeness (QED) is 0.277. The monoisotopic (exact) mass is 410 g/mol. The zero-order valence-corrected chi connectivity index (χ0v) is 16.9. The fourth-order valence-electron chi connectivity index (χ4n) is 2.86. The van der Waals surface area contributed by atoms with Crippen molar-refractivity contribution < 1.29 is 24.2 Å². The van der Waals surface area contributed by atoms with Crippen LogP contribution in [0.3, 0.4) is 0 Å². The molecule has 0 aromatic heterocycles. The van der Waals surface area contributed by atoms with Gasteiger partial charge in [0.1, 0.15) is 11.6 Å². The molecule has 4 N–H and O–H groups in total. The largest absolute Gasteiger partial charge is 0.479 e. The molecule has 0 amide bonds. The van der Waals surface area contributed by atoms with Crippen molar-refractivity contribution in [1.82, 2.24) is 0 Å². The van der Waals surface area contributed by atoms with E-state index in [2.05, 4.69) is 0 Å². The second kappa shape index (κ2) is 10.9. The third-order valence-electron chi connectivity index (χ3n) is 4.65. The van der Waals surface area contributed by atoms with E-state index in [0.717, 1.165) is 12.8 Å². The molecule has 7 heteroatoms. The Morgan fingerprint density at radius 3 is 1.83 bits per heavy atom. The highest BCUT2D eigenvalue weighted by Gasteiger charge is 2.19. The maximum absolute atomic E-state index is 12.4. The molecule has 2 aromatic rings. The summed E-state index contributed by atoms with van der Waals surface area (Å²) in [6.07, 6.45) is 1.25. The average Bonchev–Trinajstić information content (AvgIpc) is 2.75. The normalized spacial score (nSPS) is 11.5. The van der Waals surface area contributed by atoms with Gasteiger partial charge in [-0.1, -0.05) is 37.6 Å². The lowest BCUT2D eigenvalue weighted by molar-refractivity contribution is -0.145. The number of unbranched alkanes of at least 4 members (excludes halogenated alkanes) is 1. The van der Waals surface area contributed by atoms with E-state index < -0.39 is 12.1 Å². The first-order valence-corrected chi connectivity index (χ1v) is 9.82. The van der Waals surface area contributed by atoms with Gasteiger partial charge in [0.2, 0.25) is 0 Å². The zero-order valence-electron chi connectivity index (χ0n) is 16.9. The van der Waals surface area contributed by atoms with Crippen LogP contribution < -0.4 is 10.5 Å². The number of carboxylic acid groups (broad SMARTS) is 1. The van der Waals surface area contributed by atoms with Crippen LogP contribution in [-0.2, 0) is 4.79 Å². The molecule has 0 saturated heterocycles. The van der Waals surface area contributed by atoms with E-state index in [1.165, 1.54) is 0 Å². The van der Waals surface area contributed by atoms with Gasteiger partial charge in [0.05, 0.1) is 0 Å². The lowest BCUT2D eigenvalue weighted by Gasteiger charge is -2.15. The molecule has 0 bridgehead atoms. The van der Waals surface area contributed by atoms with Gasteiger partial charge in [-0.2, -0.15) is 0 Å². The van der Waals surface area contributed by atoms with Gasteiger partial charge in [0.15, 0.2) is 17.7 Å². The topological polar surface area (TPSA) is 131 Å². The Morgan fingerprint density at radius 1 is 0.933 bits per heavy atom. The summed E-state index contributed by atoms with van der Waals surface area (Å²) in [6, 6.07) is 12.7. The molecule has 0 aliphatic rings.